The number of carbonyl (C=O) groups excluding carboxylic acids is 2. The van der Waals surface area contributed by atoms with Crippen molar-refractivity contribution in [2.75, 3.05) is 0 Å². The first-order valence-electron chi connectivity index (χ1n) is 8.33. The Morgan fingerprint density at radius 1 is 1.04 bits per heavy atom. The molecule has 5 nitrogen and oxygen atoms in total. The fraction of sp³-hybridized carbons (Fsp3) is 0.250. The van der Waals surface area contributed by atoms with Gasteiger partial charge in [0.15, 0.2) is 0 Å². The first kappa shape index (κ1) is 19.7. The fourth-order valence-electron chi connectivity index (χ4n) is 2.25. The molecule has 2 aromatic carbocycles. The van der Waals surface area contributed by atoms with E-state index >= 15 is 0 Å². The third-order valence-corrected chi connectivity index (χ3v) is 4.06. The maximum atomic E-state index is 12.4. The van der Waals surface area contributed by atoms with Crippen molar-refractivity contribution in [2.24, 2.45) is 11.0 Å². The van der Waals surface area contributed by atoms with Crippen LogP contribution in [0.1, 0.15) is 35.3 Å². The predicted octanol–water partition coefficient (Wildman–Crippen LogP) is 3.55. The molecule has 0 aliphatic heterocycles. The second kappa shape index (κ2) is 9.15. The molecule has 2 N–H and O–H groups in total. The van der Waals surface area contributed by atoms with Crippen molar-refractivity contribution in [1.82, 2.24) is 10.7 Å². The second-order valence-corrected chi connectivity index (χ2v) is 6.78. The van der Waals surface area contributed by atoms with E-state index in [1.54, 1.807) is 30.5 Å². The largest absolute Gasteiger partial charge is 0.340 e. The molecule has 0 aromatic heterocycles. The highest BCUT2D eigenvalue weighted by molar-refractivity contribution is 6.30. The van der Waals surface area contributed by atoms with Crippen LogP contribution in [0.5, 0.6) is 0 Å². The Hall–Kier alpha value is -2.66. The van der Waals surface area contributed by atoms with E-state index in [-0.39, 0.29) is 17.7 Å². The highest BCUT2D eigenvalue weighted by Gasteiger charge is 2.24. The molecule has 0 fully saturated rings. The Labute approximate surface area is 158 Å². The third-order valence-electron chi connectivity index (χ3n) is 3.81. The van der Waals surface area contributed by atoms with Crippen LogP contribution in [0.15, 0.2) is 53.6 Å². The van der Waals surface area contributed by atoms with Gasteiger partial charge < -0.3 is 5.32 Å². The monoisotopic (exact) mass is 371 g/mol. The van der Waals surface area contributed by atoms with Crippen molar-refractivity contribution in [2.45, 2.75) is 26.8 Å². The number of nitrogens with zero attached hydrogens (tertiary/aromatic N) is 1. The van der Waals surface area contributed by atoms with Gasteiger partial charge in [-0.15, -0.1) is 0 Å². The van der Waals surface area contributed by atoms with E-state index in [1.807, 2.05) is 45.0 Å². The van der Waals surface area contributed by atoms with Gasteiger partial charge in [-0.05, 0) is 42.7 Å². The summed E-state index contributed by atoms with van der Waals surface area (Å²) in [5, 5.41) is 7.26. The van der Waals surface area contributed by atoms with Crippen molar-refractivity contribution in [3.8, 4) is 0 Å². The quantitative estimate of drug-likeness (QED) is 0.602. The van der Waals surface area contributed by atoms with Crippen LogP contribution in [-0.4, -0.2) is 24.1 Å². The lowest BCUT2D eigenvalue weighted by Gasteiger charge is -2.20. The summed E-state index contributed by atoms with van der Waals surface area (Å²) in [6.45, 7) is 5.71. The number of hydrogen-bond donors (Lipinski definition) is 2. The smallest absolute Gasteiger partial charge is 0.262 e. The predicted molar refractivity (Wildman–Crippen MR) is 104 cm³/mol. The Bertz CT molecular complexity index is 784. The minimum atomic E-state index is -0.701. The van der Waals surface area contributed by atoms with E-state index in [4.69, 9.17) is 11.6 Å². The van der Waals surface area contributed by atoms with Gasteiger partial charge in [-0.25, -0.2) is 5.43 Å². The van der Waals surface area contributed by atoms with Crippen molar-refractivity contribution >= 4 is 29.6 Å². The lowest BCUT2D eigenvalue weighted by molar-refractivity contribution is -0.123. The highest BCUT2D eigenvalue weighted by Crippen LogP contribution is 2.10. The molecular formula is C20H22ClN3O2. The molecule has 2 amide bonds. The first-order valence-corrected chi connectivity index (χ1v) is 8.70. The van der Waals surface area contributed by atoms with Gasteiger partial charge in [-0.1, -0.05) is 55.3 Å². The lowest BCUT2D eigenvalue weighted by atomic mass is 10.0. The standard InChI is InChI=1S/C20H22ClN3O2/c1-13(2)18(23-19(25)16-8-10-17(21)11-9-16)20(26)24-22-12-15-6-4-14(3)5-7-15/h4-13,18H,1-3H3,(H,23,25)(H,24,26)/b22-12+. The van der Waals surface area contributed by atoms with Crippen LogP contribution in [-0.2, 0) is 4.79 Å². The third kappa shape index (κ3) is 5.70. The fourth-order valence-corrected chi connectivity index (χ4v) is 2.38. The zero-order chi connectivity index (χ0) is 19.1. The number of hydrazone groups is 1. The van der Waals surface area contributed by atoms with E-state index in [2.05, 4.69) is 15.8 Å². The molecule has 0 spiro atoms. The van der Waals surface area contributed by atoms with Crippen LogP contribution in [0.25, 0.3) is 0 Å². The van der Waals surface area contributed by atoms with Crippen molar-refractivity contribution < 1.29 is 9.59 Å². The van der Waals surface area contributed by atoms with Gasteiger partial charge >= 0.3 is 0 Å². The summed E-state index contributed by atoms with van der Waals surface area (Å²) >= 11 is 5.83. The molecular weight excluding hydrogens is 350 g/mol. The van der Waals surface area contributed by atoms with Crippen molar-refractivity contribution in [3.63, 3.8) is 0 Å². The number of nitrogens with one attached hydrogen (secondary N) is 2. The Kier molecular flexibility index (Phi) is 6.92. The first-order chi connectivity index (χ1) is 12.4. The van der Waals surface area contributed by atoms with Crippen LogP contribution >= 0.6 is 11.6 Å². The van der Waals surface area contributed by atoms with Crippen LogP contribution in [0.4, 0.5) is 0 Å². The van der Waals surface area contributed by atoms with Gasteiger partial charge in [0.25, 0.3) is 11.8 Å². The zero-order valence-electron chi connectivity index (χ0n) is 15.0. The molecule has 6 heteroatoms. The molecule has 2 aromatic rings. The topological polar surface area (TPSA) is 70.6 Å². The number of carbonyl (C=O) groups is 2. The van der Waals surface area contributed by atoms with Crippen molar-refractivity contribution in [3.05, 3.63) is 70.2 Å². The van der Waals surface area contributed by atoms with Crippen molar-refractivity contribution in [1.29, 1.82) is 0 Å². The van der Waals surface area contributed by atoms with E-state index < -0.39 is 6.04 Å². The molecule has 0 radical (unpaired) electrons. The molecule has 0 saturated heterocycles. The summed E-state index contributed by atoms with van der Waals surface area (Å²) in [7, 11) is 0. The normalized spacial score (nSPS) is 12.2. The number of amides is 2. The zero-order valence-corrected chi connectivity index (χ0v) is 15.7. The van der Waals surface area contributed by atoms with Gasteiger partial charge in [0.1, 0.15) is 6.04 Å². The minimum Gasteiger partial charge on any atom is -0.340 e. The van der Waals surface area contributed by atoms with E-state index in [0.717, 1.165) is 11.1 Å². The Morgan fingerprint density at radius 2 is 1.65 bits per heavy atom. The number of halogens is 1. The lowest BCUT2D eigenvalue weighted by Crippen LogP contribution is -2.48. The molecule has 0 saturated carbocycles. The Balaban J connectivity index is 1.99. The summed E-state index contributed by atoms with van der Waals surface area (Å²) in [5.41, 5.74) is 4.95. The average molecular weight is 372 g/mol. The summed E-state index contributed by atoms with van der Waals surface area (Å²) < 4.78 is 0. The summed E-state index contributed by atoms with van der Waals surface area (Å²) in [5.74, 6) is -0.801. The highest BCUT2D eigenvalue weighted by atomic mass is 35.5. The van der Waals surface area contributed by atoms with Crippen LogP contribution in [0.2, 0.25) is 5.02 Å². The minimum absolute atomic E-state index is 0.0965. The molecule has 0 aliphatic carbocycles. The van der Waals surface area contributed by atoms with E-state index in [1.165, 1.54) is 0 Å². The van der Waals surface area contributed by atoms with E-state index in [0.29, 0.717) is 10.6 Å². The van der Waals surface area contributed by atoms with Crippen LogP contribution in [0.3, 0.4) is 0 Å². The molecule has 136 valence electrons. The van der Waals surface area contributed by atoms with Gasteiger partial charge in [-0.2, -0.15) is 5.10 Å². The van der Waals surface area contributed by atoms with Gasteiger partial charge in [-0.3, -0.25) is 9.59 Å². The summed E-state index contributed by atoms with van der Waals surface area (Å²) in [6.07, 6.45) is 1.57. The van der Waals surface area contributed by atoms with Crippen LogP contribution in [0, 0.1) is 12.8 Å². The molecule has 0 heterocycles. The Morgan fingerprint density at radius 3 is 2.23 bits per heavy atom. The van der Waals surface area contributed by atoms with Gasteiger partial charge in [0.05, 0.1) is 6.21 Å². The molecule has 0 bridgehead atoms. The maximum Gasteiger partial charge on any atom is 0.262 e. The molecule has 1 atom stereocenters. The van der Waals surface area contributed by atoms with Gasteiger partial charge in [0.2, 0.25) is 0 Å². The van der Waals surface area contributed by atoms with Gasteiger partial charge in [0, 0.05) is 10.6 Å². The SMILES string of the molecule is Cc1ccc(/C=N/NC(=O)C(NC(=O)c2ccc(Cl)cc2)C(C)C)cc1. The molecule has 0 aliphatic rings. The number of rotatable bonds is 6. The number of benzene rings is 2. The van der Waals surface area contributed by atoms with E-state index in [9.17, 15) is 9.59 Å². The van der Waals surface area contributed by atoms with Crippen LogP contribution < -0.4 is 10.7 Å². The summed E-state index contributed by atoms with van der Waals surface area (Å²) in [4.78, 5) is 24.7. The maximum absolute atomic E-state index is 12.4. The summed E-state index contributed by atoms with van der Waals surface area (Å²) in [6, 6.07) is 13.5. The number of hydrogen-bond acceptors (Lipinski definition) is 3. The molecule has 2 rings (SSSR count). The average Bonchev–Trinajstić information content (AvgIpc) is 2.61. The molecule has 26 heavy (non-hydrogen) atoms. The molecule has 1 unspecified atom stereocenters. The number of aryl methyl sites for hydroxylation is 1. The second-order valence-electron chi connectivity index (χ2n) is 6.35.